The second-order valence-electron chi connectivity index (χ2n) is 10.9. The van der Waals surface area contributed by atoms with Crippen LogP contribution in [0.4, 0.5) is 0 Å². The highest BCUT2D eigenvalue weighted by atomic mass is 32.2. The zero-order valence-corrected chi connectivity index (χ0v) is 19.2. The largest absolute Gasteiger partial charge is 0.377 e. The molecule has 3 saturated carbocycles. The highest BCUT2D eigenvalue weighted by Gasteiger charge is 2.64. The summed E-state index contributed by atoms with van der Waals surface area (Å²) in [5.74, 6) is 5.07. The van der Waals surface area contributed by atoms with Crippen molar-refractivity contribution >= 4 is 10.0 Å². The molecule has 0 radical (unpaired) electrons. The average Bonchev–Trinajstić information content (AvgIpc) is 3.25. The number of hydrogen-bond acceptors (Lipinski definition) is 4. The Kier molecular flexibility index (Phi) is 4.36. The summed E-state index contributed by atoms with van der Waals surface area (Å²) in [7, 11) is -3.34. The van der Waals surface area contributed by atoms with Gasteiger partial charge in [0.15, 0.2) is 0 Å². The van der Waals surface area contributed by atoms with Gasteiger partial charge in [-0.3, -0.25) is 0 Å². The van der Waals surface area contributed by atoms with Gasteiger partial charge in [0, 0.05) is 11.6 Å². The molecular weight excluding hydrogens is 396 g/mol. The summed E-state index contributed by atoms with van der Waals surface area (Å²) in [5.41, 5.74) is 1.13. The quantitative estimate of drug-likeness (QED) is 0.730. The van der Waals surface area contributed by atoms with Gasteiger partial charge < -0.3 is 5.11 Å². The lowest BCUT2D eigenvalue weighted by Gasteiger charge is -2.60. The predicted molar refractivity (Wildman–Crippen MR) is 116 cm³/mol. The zero-order valence-electron chi connectivity index (χ0n) is 18.4. The van der Waals surface area contributed by atoms with Gasteiger partial charge >= 0.3 is 0 Å². The summed E-state index contributed by atoms with van der Waals surface area (Å²) in [6.07, 6.45) is 15.6. The van der Waals surface area contributed by atoms with Crippen molar-refractivity contribution in [2.45, 2.75) is 77.7 Å². The zero-order chi connectivity index (χ0) is 21.5. The minimum absolute atomic E-state index is 0.0668. The van der Waals surface area contributed by atoms with Crippen molar-refractivity contribution < 1.29 is 13.5 Å². The van der Waals surface area contributed by atoms with Crippen LogP contribution < -0.4 is 0 Å². The molecule has 4 aliphatic carbocycles. The van der Waals surface area contributed by atoms with E-state index in [1.165, 1.54) is 10.5 Å². The first-order valence-corrected chi connectivity index (χ1v) is 13.2. The van der Waals surface area contributed by atoms with Crippen molar-refractivity contribution in [1.82, 2.24) is 9.19 Å². The van der Waals surface area contributed by atoms with Gasteiger partial charge in [0.2, 0.25) is 0 Å². The molecule has 1 heterocycles. The van der Waals surface area contributed by atoms with Gasteiger partial charge in [-0.15, -0.1) is 6.42 Å². The van der Waals surface area contributed by atoms with E-state index in [0.29, 0.717) is 23.7 Å². The molecule has 1 aromatic rings. The first kappa shape index (κ1) is 20.6. The van der Waals surface area contributed by atoms with Crippen molar-refractivity contribution in [2.24, 2.45) is 34.5 Å². The predicted octanol–water partition coefficient (Wildman–Crippen LogP) is 3.40. The van der Waals surface area contributed by atoms with Crippen LogP contribution in [0.1, 0.15) is 70.6 Å². The Bertz CT molecular complexity index is 1020. The van der Waals surface area contributed by atoms with Gasteiger partial charge in [-0.05, 0) is 92.9 Å². The molecule has 3 fully saturated rings. The van der Waals surface area contributed by atoms with E-state index in [-0.39, 0.29) is 16.6 Å². The Morgan fingerprint density at radius 3 is 2.67 bits per heavy atom. The Hall–Kier alpha value is -1.32. The number of aromatic nitrogens is 2. The second kappa shape index (κ2) is 6.36. The molecular formula is C24H34N2O3S. The monoisotopic (exact) mass is 430 g/mol. The molecule has 5 rings (SSSR count). The molecule has 0 aliphatic heterocycles. The van der Waals surface area contributed by atoms with Gasteiger partial charge in [0.1, 0.15) is 5.60 Å². The van der Waals surface area contributed by atoms with Crippen LogP contribution in [0.15, 0.2) is 6.20 Å². The number of aliphatic hydroxyl groups is 1. The minimum Gasteiger partial charge on any atom is -0.377 e. The first-order chi connectivity index (χ1) is 14.1. The van der Waals surface area contributed by atoms with Crippen LogP contribution in [0, 0.1) is 46.8 Å². The molecule has 7 atom stereocenters. The van der Waals surface area contributed by atoms with Crippen molar-refractivity contribution in [1.29, 1.82) is 0 Å². The summed E-state index contributed by atoms with van der Waals surface area (Å²) in [5, 5.41) is 15.7. The molecule has 0 aromatic carbocycles. The third-order valence-electron chi connectivity index (χ3n) is 9.97. The van der Waals surface area contributed by atoms with Crippen molar-refractivity contribution in [3.63, 3.8) is 0 Å². The molecule has 6 heteroatoms. The van der Waals surface area contributed by atoms with Gasteiger partial charge in [-0.25, -0.2) is 8.42 Å². The SMILES string of the molecule is C#C[C@]1(O)CC[C@H]2[C@@H]3CC[C@H]4Cc5nn(S(=O)(=O)CC)cc5C[C@]4(C)[C@H]3CC[C@@]21C. The third-order valence-corrected chi connectivity index (χ3v) is 11.5. The number of terminal acetylenes is 1. The van der Waals surface area contributed by atoms with Gasteiger partial charge in [-0.1, -0.05) is 19.8 Å². The maximum atomic E-state index is 12.4. The fourth-order valence-electron chi connectivity index (χ4n) is 8.06. The third kappa shape index (κ3) is 2.51. The van der Waals surface area contributed by atoms with Crippen LogP contribution >= 0.6 is 0 Å². The lowest BCUT2D eigenvalue weighted by Crippen LogP contribution is -2.56. The lowest BCUT2D eigenvalue weighted by atomic mass is 9.44. The maximum absolute atomic E-state index is 12.4. The normalized spacial score (nSPS) is 45.0. The van der Waals surface area contributed by atoms with E-state index in [9.17, 15) is 13.5 Å². The van der Waals surface area contributed by atoms with E-state index >= 15 is 0 Å². The Balaban J connectivity index is 1.48. The number of fused-ring (bicyclic) bond motifs is 6. The summed E-state index contributed by atoms with van der Waals surface area (Å²) >= 11 is 0. The molecule has 164 valence electrons. The number of nitrogens with zero attached hydrogens (tertiary/aromatic N) is 2. The average molecular weight is 431 g/mol. The highest BCUT2D eigenvalue weighted by Crippen LogP contribution is 2.67. The van der Waals surface area contributed by atoms with E-state index in [1.807, 2.05) is 0 Å². The highest BCUT2D eigenvalue weighted by molar-refractivity contribution is 7.89. The first-order valence-electron chi connectivity index (χ1n) is 11.6. The van der Waals surface area contributed by atoms with Crippen LogP contribution in [0.3, 0.4) is 0 Å². The molecule has 0 unspecified atom stereocenters. The van der Waals surface area contributed by atoms with E-state index < -0.39 is 15.6 Å². The van der Waals surface area contributed by atoms with Gasteiger partial charge in [-0.2, -0.15) is 9.19 Å². The Labute approximate surface area is 180 Å². The Morgan fingerprint density at radius 1 is 1.23 bits per heavy atom. The van der Waals surface area contributed by atoms with E-state index in [1.54, 1.807) is 13.1 Å². The van der Waals surface area contributed by atoms with Crippen molar-refractivity contribution in [2.75, 3.05) is 5.75 Å². The number of rotatable bonds is 2. The molecule has 30 heavy (non-hydrogen) atoms. The van der Waals surface area contributed by atoms with Crippen LogP contribution in [0.2, 0.25) is 0 Å². The molecule has 0 bridgehead atoms. The van der Waals surface area contributed by atoms with Crippen molar-refractivity contribution in [3.8, 4) is 12.3 Å². The summed E-state index contributed by atoms with van der Waals surface area (Å²) < 4.78 is 25.9. The van der Waals surface area contributed by atoms with Crippen molar-refractivity contribution in [3.05, 3.63) is 17.5 Å². The lowest BCUT2D eigenvalue weighted by molar-refractivity contribution is -0.127. The molecule has 4 aliphatic rings. The number of hydrogen-bond donors (Lipinski definition) is 1. The van der Waals surface area contributed by atoms with Crippen LogP contribution in [0.5, 0.6) is 0 Å². The van der Waals surface area contributed by atoms with E-state index in [2.05, 4.69) is 24.9 Å². The second-order valence-corrected chi connectivity index (χ2v) is 13.0. The molecule has 0 amide bonds. The van der Waals surface area contributed by atoms with Crippen LogP contribution in [0.25, 0.3) is 0 Å². The molecule has 0 spiro atoms. The minimum atomic E-state index is -3.34. The molecule has 1 aromatic heterocycles. The summed E-state index contributed by atoms with van der Waals surface area (Å²) in [4.78, 5) is 0. The summed E-state index contributed by atoms with van der Waals surface area (Å²) in [6, 6.07) is 0. The smallest absolute Gasteiger partial charge is 0.253 e. The van der Waals surface area contributed by atoms with Gasteiger partial charge in [0.05, 0.1) is 11.4 Å². The Morgan fingerprint density at radius 2 is 1.97 bits per heavy atom. The maximum Gasteiger partial charge on any atom is 0.253 e. The molecule has 5 nitrogen and oxygen atoms in total. The van der Waals surface area contributed by atoms with E-state index in [4.69, 9.17) is 6.42 Å². The van der Waals surface area contributed by atoms with Crippen LogP contribution in [-0.4, -0.2) is 34.1 Å². The molecule has 0 saturated heterocycles. The fraction of sp³-hybridized carbons (Fsp3) is 0.792. The summed E-state index contributed by atoms with van der Waals surface area (Å²) in [6.45, 7) is 6.33. The standard InChI is InChI=1S/C24H34N2O3S/c1-5-24(27)12-10-20-18-8-7-17-13-21-16(15-26(25-21)30(28,29)6-2)14-22(17,3)19(18)9-11-23(20,24)4/h1,15,17-20,27H,6-14H2,2-4H3/t17-,18+,19-,20-,22-,23-,24-/m0/s1. The van der Waals surface area contributed by atoms with Crippen LogP contribution in [-0.2, 0) is 22.9 Å². The topological polar surface area (TPSA) is 72.2 Å². The molecule has 1 N–H and O–H groups in total. The van der Waals surface area contributed by atoms with Gasteiger partial charge in [0.25, 0.3) is 10.0 Å². The fourth-order valence-corrected chi connectivity index (χ4v) is 8.83. The van der Waals surface area contributed by atoms with E-state index in [0.717, 1.165) is 56.2 Å².